The van der Waals surface area contributed by atoms with E-state index in [9.17, 15) is 13.2 Å². The molecule has 12 heteroatoms. The number of amides is 1. The van der Waals surface area contributed by atoms with Crippen molar-refractivity contribution in [3.8, 4) is 17.3 Å². The minimum atomic E-state index is -3.59. The van der Waals surface area contributed by atoms with Crippen LogP contribution in [0.5, 0.6) is 5.88 Å². The van der Waals surface area contributed by atoms with Crippen molar-refractivity contribution >= 4 is 44.1 Å². The van der Waals surface area contributed by atoms with Crippen LogP contribution in [0.1, 0.15) is 53.7 Å². The predicted molar refractivity (Wildman–Crippen MR) is 180 cm³/mol. The standard InChI is InChI=1S/C35H37N7O4S/c1-20-33(37-31-16-24(17-32(46-2)40(20)31)35(43)41-25-10-11-28(41)26(36)18-25)29-15-23-9-12-30(38-34(23)39(29)19-21-7-8-21)42-27-6-4-3-5-22(27)13-14-47(42,44)45/h3-6,9,12,15-17,21,25-26,28H,7-8,10-11,13-14,18-19,36H2,1-2H3/t25-,26+,28+/m0/s1. The maximum absolute atomic E-state index is 13.8. The summed E-state index contributed by atoms with van der Waals surface area (Å²) >= 11 is 0. The van der Waals surface area contributed by atoms with Crippen LogP contribution in [0.3, 0.4) is 0 Å². The number of sulfonamides is 1. The molecular weight excluding hydrogens is 614 g/mol. The molecule has 1 amide bonds. The summed E-state index contributed by atoms with van der Waals surface area (Å²) < 4.78 is 38.2. The number of aromatic nitrogens is 4. The van der Waals surface area contributed by atoms with E-state index in [2.05, 4.69) is 10.6 Å². The third-order valence-corrected chi connectivity index (χ3v) is 12.3. The van der Waals surface area contributed by atoms with E-state index in [4.69, 9.17) is 20.4 Å². The van der Waals surface area contributed by atoms with E-state index in [0.717, 1.165) is 72.3 Å². The number of para-hydroxylation sites is 1. The molecule has 7 heterocycles. The number of ether oxygens (including phenoxy) is 1. The summed E-state index contributed by atoms with van der Waals surface area (Å²) in [7, 11) is -1.98. The molecule has 1 saturated carbocycles. The molecule has 0 unspecified atom stereocenters. The third kappa shape index (κ3) is 4.41. The van der Waals surface area contributed by atoms with Gasteiger partial charge in [-0.15, -0.1) is 0 Å². The second kappa shape index (κ2) is 10.3. The Labute approximate surface area is 273 Å². The fraction of sp³-hybridized carbons (Fsp3) is 0.400. The SMILES string of the molecule is COc1cc(C(=O)N2[C@H]3CC[C@@H]2[C@H](N)C3)cc2nc(-c3cc4ccc(N5c6ccccc6CCS5(=O)=O)nc4n3CC3CC3)c(C)n12. The van der Waals surface area contributed by atoms with E-state index < -0.39 is 10.0 Å². The van der Waals surface area contributed by atoms with Crippen LogP contribution in [-0.2, 0) is 23.0 Å². The first kappa shape index (κ1) is 28.8. The first-order chi connectivity index (χ1) is 22.7. The molecule has 47 heavy (non-hydrogen) atoms. The summed E-state index contributed by atoms with van der Waals surface area (Å²) in [4.78, 5) is 26.0. The topological polar surface area (TPSA) is 128 Å². The van der Waals surface area contributed by atoms with Crippen molar-refractivity contribution in [1.82, 2.24) is 23.8 Å². The van der Waals surface area contributed by atoms with Crippen LogP contribution in [0, 0.1) is 12.8 Å². The van der Waals surface area contributed by atoms with E-state index in [1.165, 1.54) is 4.31 Å². The number of aryl methyl sites for hydroxylation is 2. The Hall–Kier alpha value is -4.42. The summed E-state index contributed by atoms with van der Waals surface area (Å²) in [6, 6.07) is 17.4. The summed E-state index contributed by atoms with van der Waals surface area (Å²) in [5.74, 6) is 1.46. The Morgan fingerprint density at radius 2 is 1.87 bits per heavy atom. The van der Waals surface area contributed by atoms with E-state index >= 15 is 0 Å². The van der Waals surface area contributed by atoms with E-state index in [0.29, 0.717) is 40.9 Å². The average molecular weight is 652 g/mol. The molecule has 3 atom stereocenters. The molecule has 0 spiro atoms. The van der Waals surface area contributed by atoms with Crippen LogP contribution in [0.4, 0.5) is 11.5 Å². The van der Waals surface area contributed by atoms with Gasteiger partial charge in [0.15, 0.2) is 5.88 Å². The molecule has 3 fully saturated rings. The van der Waals surface area contributed by atoms with Gasteiger partial charge in [-0.25, -0.2) is 22.7 Å². The normalized spacial score (nSPS) is 23.2. The molecule has 5 aromatic rings. The minimum Gasteiger partial charge on any atom is -0.482 e. The highest BCUT2D eigenvalue weighted by molar-refractivity contribution is 7.93. The predicted octanol–water partition coefficient (Wildman–Crippen LogP) is 4.81. The van der Waals surface area contributed by atoms with Crippen LogP contribution < -0.4 is 14.8 Å². The highest BCUT2D eigenvalue weighted by Gasteiger charge is 2.47. The number of benzene rings is 1. The van der Waals surface area contributed by atoms with Gasteiger partial charge in [0.1, 0.15) is 22.8 Å². The van der Waals surface area contributed by atoms with Crippen molar-refractivity contribution in [2.45, 2.75) is 70.1 Å². The molecule has 242 valence electrons. The maximum Gasteiger partial charge on any atom is 0.254 e. The number of hydrogen-bond donors (Lipinski definition) is 1. The Kier molecular flexibility index (Phi) is 6.30. The molecule has 9 rings (SSSR count). The number of methoxy groups -OCH3 is 1. The van der Waals surface area contributed by atoms with Crippen LogP contribution in [0.25, 0.3) is 28.1 Å². The summed E-state index contributed by atoms with van der Waals surface area (Å²) in [6.07, 6.45) is 5.54. The van der Waals surface area contributed by atoms with E-state index in [-0.39, 0.29) is 29.8 Å². The Bertz CT molecular complexity index is 2220. The highest BCUT2D eigenvalue weighted by atomic mass is 32.2. The zero-order valence-electron chi connectivity index (χ0n) is 26.5. The molecule has 3 aliphatic heterocycles. The number of hydrogen-bond acceptors (Lipinski definition) is 7. The maximum atomic E-state index is 13.8. The lowest BCUT2D eigenvalue weighted by Gasteiger charge is -2.29. The van der Waals surface area contributed by atoms with Crippen LogP contribution >= 0.6 is 0 Å². The van der Waals surface area contributed by atoms with Crippen LogP contribution in [0.2, 0.25) is 0 Å². The molecule has 4 aromatic heterocycles. The fourth-order valence-electron chi connectivity index (χ4n) is 8.13. The molecular formula is C35H37N7O4S. The fourth-order valence-corrected chi connectivity index (χ4v) is 9.65. The lowest BCUT2D eigenvalue weighted by atomic mass is 9.97. The van der Waals surface area contributed by atoms with Crippen LogP contribution in [-0.4, -0.2) is 69.1 Å². The van der Waals surface area contributed by atoms with Crippen molar-refractivity contribution in [3.05, 3.63) is 71.4 Å². The number of carbonyl (C=O) groups excluding carboxylic acids is 1. The second-order valence-electron chi connectivity index (χ2n) is 13.6. The molecule has 4 aliphatic rings. The van der Waals surface area contributed by atoms with E-state index in [1.54, 1.807) is 13.2 Å². The third-order valence-electron chi connectivity index (χ3n) is 10.6. The molecule has 2 saturated heterocycles. The van der Waals surface area contributed by atoms with Crippen molar-refractivity contribution in [2.75, 3.05) is 17.2 Å². The summed E-state index contributed by atoms with van der Waals surface area (Å²) in [5.41, 5.74) is 12.5. The van der Waals surface area contributed by atoms with Gasteiger partial charge in [0.2, 0.25) is 10.0 Å². The van der Waals surface area contributed by atoms with Crippen LogP contribution in [0.15, 0.2) is 54.6 Å². The molecule has 0 radical (unpaired) electrons. The number of nitrogens with two attached hydrogens (primary N) is 1. The summed E-state index contributed by atoms with van der Waals surface area (Å²) in [6.45, 7) is 2.76. The van der Waals surface area contributed by atoms with Crippen molar-refractivity contribution in [2.24, 2.45) is 11.7 Å². The van der Waals surface area contributed by atoms with Gasteiger partial charge in [-0.05, 0) is 87.3 Å². The molecule has 2 N–H and O–H groups in total. The Balaban J connectivity index is 1.17. The quantitative estimate of drug-likeness (QED) is 0.279. The van der Waals surface area contributed by atoms with Crippen molar-refractivity contribution < 1.29 is 17.9 Å². The molecule has 1 aromatic carbocycles. The number of nitrogens with zero attached hydrogens (tertiary/aromatic N) is 6. The average Bonchev–Trinajstić information content (AvgIpc) is 3.38. The molecule has 2 bridgehead atoms. The number of fused-ring (bicyclic) bond motifs is 5. The first-order valence-corrected chi connectivity index (χ1v) is 18.1. The second-order valence-corrected chi connectivity index (χ2v) is 15.5. The zero-order valence-corrected chi connectivity index (χ0v) is 27.3. The molecule has 11 nitrogen and oxygen atoms in total. The van der Waals surface area contributed by atoms with Gasteiger partial charge in [0.05, 0.1) is 29.9 Å². The van der Waals surface area contributed by atoms with Gasteiger partial charge >= 0.3 is 0 Å². The first-order valence-electron chi connectivity index (χ1n) is 16.5. The lowest BCUT2D eigenvalue weighted by Crippen LogP contribution is -2.40. The van der Waals surface area contributed by atoms with Gasteiger partial charge in [-0.1, -0.05) is 18.2 Å². The van der Waals surface area contributed by atoms with Gasteiger partial charge in [-0.2, -0.15) is 0 Å². The van der Waals surface area contributed by atoms with Gasteiger partial charge < -0.3 is 19.9 Å². The highest BCUT2D eigenvalue weighted by Crippen LogP contribution is 2.41. The monoisotopic (exact) mass is 651 g/mol. The van der Waals surface area contributed by atoms with Gasteiger partial charge in [-0.3, -0.25) is 9.20 Å². The minimum absolute atomic E-state index is 0.0240. The molecule has 1 aliphatic carbocycles. The largest absolute Gasteiger partial charge is 0.482 e. The number of carbonyl (C=O) groups is 1. The summed E-state index contributed by atoms with van der Waals surface area (Å²) in [5, 5.41) is 0.909. The number of pyridine rings is 2. The smallest absolute Gasteiger partial charge is 0.254 e. The number of anilines is 2. The van der Waals surface area contributed by atoms with E-state index in [1.807, 2.05) is 58.7 Å². The number of rotatable bonds is 6. The van der Waals surface area contributed by atoms with Crippen molar-refractivity contribution in [3.63, 3.8) is 0 Å². The van der Waals surface area contributed by atoms with Crippen molar-refractivity contribution in [1.29, 1.82) is 0 Å². The van der Waals surface area contributed by atoms with Gasteiger partial charge in [0.25, 0.3) is 5.91 Å². The van der Waals surface area contributed by atoms with Gasteiger partial charge in [0, 0.05) is 41.7 Å². The number of imidazole rings is 1. The zero-order chi connectivity index (χ0) is 32.2. The lowest BCUT2D eigenvalue weighted by molar-refractivity contribution is 0.0726. The Morgan fingerprint density at radius 1 is 1.04 bits per heavy atom. The Morgan fingerprint density at radius 3 is 2.62 bits per heavy atom.